The van der Waals surface area contributed by atoms with Crippen molar-refractivity contribution in [2.75, 3.05) is 19.6 Å². The average molecular weight is 358 g/mol. The molecule has 1 aliphatic heterocycles. The normalized spacial score (nSPS) is 26.6. The molecule has 1 aromatic carbocycles. The van der Waals surface area contributed by atoms with Crippen LogP contribution >= 0.6 is 0 Å². The third-order valence-corrected chi connectivity index (χ3v) is 5.47. The average Bonchev–Trinajstić information content (AvgIpc) is 3.13. The Morgan fingerprint density at radius 2 is 1.85 bits per heavy atom. The van der Waals surface area contributed by atoms with E-state index in [4.69, 9.17) is 4.74 Å². The minimum Gasteiger partial charge on any atom is -0.508 e. The number of β-amino-alcohol motifs (C(OH)–C–C–N with tert-alkyl or cyclic N) is 1. The Balaban J connectivity index is 1.28. The summed E-state index contributed by atoms with van der Waals surface area (Å²) in [7, 11) is 0. The highest BCUT2D eigenvalue weighted by molar-refractivity contribution is 5.27. The number of benzene rings is 1. The number of ether oxygens (including phenoxy) is 1. The third kappa shape index (κ3) is 3.81. The van der Waals surface area contributed by atoms with Gasteiger partial charge in [-0.15, -0.1) is 0 Å². The maximum Gasteiger partial charge on any atom is 0.145 e. The van der Waals surface area contributed by atoms with Crippen molar-refractivity contribution in [3.63, 3.8) is 0 Å². The van der Waals surface area contributed by atoms with Crippen LogP contribution in [0.3, 0.4) is 0 Å². The molecule has 26 heavy (non-hydrogen) atoms. The van der Waals surface area contributed by atoms with Crippen LogP contribution < -0.4 is 4.74 Å². The molecule has 0 spiro atoms. The zero-order valence-corrected chi connectivity index (χ0v) is 14.5. The SMILES string of the molecule is Oc1ccc(C(O)CN2C[C@H]3C[C@@H](Oc4cncc(F)c4)C[C@H]3C2)cc1. The van der Waals surface area contributed by atoms with E-state index in [1.54, 1.807) is 30.5 Å². The Kier molecular flexibility index (Phi) is 4.78. The van der Waals surface area contributed by atoms with E-state index in [0.717, 1.165) is 31.5 Å². The van der Waals surface area contributed by atoms with Crippen molar-refractivity contribution in [2.24, 2.45) is 11.8 Å². The molecule has 0 amide bonds. The maximum absolute atomic E-state index is 13.2. The molecule has 4 rings (SSSR count). The van der Waals surface area contributed by atoms with Gasteiger partial charge in [-0.1, -0.05) is 12.1 Å². The van der Waals surface area contributed by atoms with Gasteiger partial charge in [0.1, 0.15) is 17.3 Å². The molecule has 2 aliphatic rings. The molecule has 1 saturated carbocycles. The number of halogens is 1. The van der Waals surface area contributed by atoms with Gasteiger partial charge in [0, 0.05) is 25.7 Å². The number of hydrogen-bond donors (Lipinski definition) is 2. The summed E-state index contributed by atoms with van der Waals surface area (Å²) >= 11 is 0. The minimum atomic E-state index is -0.556. The molecule has 2 aromatic rings. The maximum atomic E-state index is 13.2. The smallest absolute Gasteiger partial charge is 0.145 e. The van der Waals surface area contributed by atoms with Gasteiger partial charge in [0.25, 0.3) is 0 Å². The Morgan fingerprint density at radius 1 is 1.15 bits per heavy atom. The van der Waals surface area contributed by atoms with Crippen LogP contribution in [0, 0.1) is 17.7 Å². The van der Waals surface area contributed by atoms with Crippen molar-refractivity contribution in [1.82, 2.24) is 9.88 Å². The van der Waals surface area contributed by atoms with E-state index in [1.165, 1.54) is 12.3 Å². The molecule has 1 saturated heterocycles. The Labute approximate surface area is 152 Å². The van der Waals surface area contributed by atoms with Gasteiger partial charge >= 0.3 is 0 Å². The van der Waals surface area contributed by atoms with E-state index in [9.17, 15) is 14.6 Å². The predicted molar refractivity (Wildman–Crippen MR) is 94.3 cm³/mol. The second-order valence-electron chi connectivity index (χ2n) is 7.40. The van der Waals surface area contributed by atoms with E-state index in [2.05, 4.69) is 9.88 Å². The molecule has 138 valence electrons. The summed E-state index contributed by atoms with van der Waals surface area (Å²) in [5, 5.41) is 19.8. The summed E-state index contributed by atoms with van der Waals surface area (Å²) < 4.78 is 19.1. The van der Waals surface area contributed by atoms with Crippen molar-refractivity contribution in [1.29, 1.82) is 0 Å². The van der Waals surface area contributed by atoms with Crippen LogP contribution in [-0.4, -0.2) is 45.8 Å². The quantitative estimate of drug-likeness (QED) is 0.860. The number of rotatable bonds is 5. The number of aromatic hydroxyl groups is 1. The lowest BCUT2D eigenvalue weighted by Crippen LogP contribution is -2.28. The first-order valence-corrected chi connectivity index (χ1v) is 9.03. The first-order chi connectivity index (χ1) is 12.6. The molecule has 5 nitrogen and oxygen atoms in total. The highest BCUT2D eigenvalue weighted by atomic mass is 19.1. The standard InChI is InChI=1S/C20H23FN2O3/c21-16-7-19(9-22-8-16)26-18-5-14-10-23(11-15(14)6-18)12-20(25)13-1-3-17(24)4-2-13/h1-4,7-9,14-15,18,20,24-25H,5-6,10-12H2/t14-,15+,18-,20?. The Morgan fingerprint density at radius 3 is 2.50 bits per heavy atom. The fourth-order valence-corrected chi connectivity index (χ4v) is 4.28. The number of pyridine rings is 1. The number of aliphatic hydroxyl groups is 1. The van der Waals surface area contributed by atoms with Crippen LogP contribution in [0.4, 0.5) is 4.39 Å². The first-order valence-electron chi connectivity index (χ1n) is 9.03. The van der Waals surface area contributed by atoms with Gasteiger partial charge in [-0.3, -0.25) is 9.88 Å². The number of hydrogen-bond acceptors (Lipinski definition) is 5. The van der Waals surface area contributed by atoms with Crippen LogP contribution in [0.2, 0.25) is 0 Å². The molecule has 1 unspecified atom stereocenters. The Bertz CT molecular complexity index is 741. The van der Waals surface area contributed by atoms with E-state index in [1.807, 2.05) is 0 Å². The molecule has 2 fully saturated rings. The second kappa shape index (κ2) is 7.21. The summed E-state index contributed by atoms with van der Waals surface area (Å²) in [5.74, 6) is 1.42. The molecule has 2 heterocycles. The molecular formula is C20H23FN2O3. The Hall–Kier alpha value is -2.18. The van der Waals surface area contributed by atoms with E-state index >= 15 is 0 Å². The highest BCUT2D eigenvalue weighted by Gasteiger charge is 2.42. The van der Waals surface area contributed by atoms with Gasteiger partial charge in [0.05, 0.1) is 24.6 Å². The van der Waals surface area contributed by atoms with E-state index in [-0.39, 0.29) is 17.7 Å². The van der Waals surface area contributed by atoms with Crippen molar-refractivity contribution >= 4 is 0 Å². The minimum absolute atomic E-state index is 0.109. The van der Waals surface area contributed by atoms with Gasteiger partial charge in [-0.05, 0) is 42.4 Å². The predicted octanol–water partition coefficient (Wildman–Crippen LogP) is 2.75. The summed E-state index contributed by atoms with van der Waals surface area (Å²) in [4.78, 5) is 6.12. The monoisotopic (exact) mass is 358 g/mol. The van der Waals surface area contributed by atoms with Crippen LogP contribution in [0.25, 0.3) is 0 Å². The molecule has 0 bridgehead atoms. The molecule has 2 N–H and O–H groups in total. The van der Waals surface area contributed by atoms with Crippen molar-refractivity contribution in [2.45, 2.75) is 25.0 Å². The number of aliphatic hydroxyl groups excluding tert-OH is 1. The lowest BCUT2D eigenvalue weighted by molar-refractivity contribution is 0.116. The molecule has 4 atom stereocenters. The fraction of sp³-hybridized carbons (Fsp3) is 0.450. The molecule has 6 heteroatoms. The number of phenolic OH excluding ortho intramolecular Hbond substituents is 1. The van der Waals surface area contributed by atoms with E-state index < -0.39 is 6.10 Å². The number of aromatic nitrogens is 1. The molecule has 1 aliphatic carbocycles. The van der Waals surface area contributed by atoms with Gasteiger partial charge in [-0.25, -0.2) is 4.39 Å². The number of likely N-dealkylation sites (tertiary alicyclic amines) is 1. The van der Waals surface area contributed by atoms with E-state index in [0.29, 0.717) is 24.1 Å². The van der Waals surface area contributed by atoms with Crippen molar-refractivity contribution in [3.8, 4) is 11.5 Å². The number of phenols is 1. The summed E-state index contributed by atoms with van der Waals surface area (Å²) in [5.41, 5.74) is 0.819. The van der Waals surface area contributed by atoms with Crippen LogP contribution in [-0.2, 0) is 0 Å². The lowest BCUT2D eigenvalue weighted by atomic mass is 10.0. The van der Waals surface area contributed by atoms with Gasteiger partial charge in [0.15, 0.2) is 0 Å². The van der Waals surface area contributed by atoms with Crippen LogP contribution in [0.15, 0.2) is 42.7 Å². The summed E-state index contributed by atoms with van der Waals surface area (Å²) in [6.45, 7) is 2.49. The zero-order valence-electron chi connectivity index (χ0n) is 14.5. The van der Waals surface area contributed by atoms with Crippen molar-refractivity contribution < 1.29 is 19.3 Å². The summed E-state index contributed by atoms with van der Waals surface area (Å²) in [6, 6.07) is 8.09. The fourth-order valence-electron chi connectivity index (χ4n) is 4.28. The zero-order chi connectivity index (χ0) is 18.1. The second-order valence-corrected chi connectivity index (χ2v) is 7.40. The van der Waals surface area contributed by atoms with Crippen molar-refractivity contribution in [3.05, 3.63) is 54.1 Å². The van der Waals surface area contributed by atoms with Gasteiger partial charge in [0.2, 0.25) is 0 Å². The molecule has 0 radical (unpaired) electrons. The largest absolute Gasteiger partial charge is 0.508 e. The lowest BCUT2D eigenvalue weighted by Gasteiger charge is -2.22. The number of fused-ring (bicyclic) bond motifs is 1. The number of nitrogens with zero attached hydrogens (tertiary/aromatic N) is 2. The van der Waals surface area contributed by atoms with Gasteiger partial charge < -0.3 is 14.9 Å². The summed E-state index contributed by atoms with van der Waals surface area (Å²) in [6.07, 6.45) is 4.18. The topological polar surface area (TPSA) is 65.8 Å². The molecular weight excluding hydrogens is 335 g/mol. The third-order valence-electron chi connectivity index (χ3n) is 5.47. The highest BCUT2D eigenvalue weighted by Crippen LogP contribution is 2.40. The van der Waals surface area contributed by atoms with Crippen LogP contribution in [0.1, 0.15) is 24.5 Å². The first kappa shape index (κ1) is 17.2. The van der Waals surface area contributed by atoms with Gasteiger partial charge in [-0.2, -0.15) is 0 Å². The van der Waals surface area contributed by atoms with Crippen LogP contribution in [0.5, 0.6) is 11.5 Å². The molecule has 1 aromatic heterocycles.